The summed E-state index contributed by atoms with van der Waals surface area (Å²) in [7, 11) is 1.68. The molecule has 0 fully saturated rings. The van der Waals surface area contributed by atoms with Crippen LogP contribution in [-0.4, -0.2) is 43.0 Å². The summed E-state index contributed by atoms with van der Waals surface area (Å²) in [6.07, 6.45) is 0. The molecule has 1 unspecified atom stereocenters. The van der Waals surface area contributed by atoms with Gasteiger partial charge in [-0.25, -0.2) is 4.79 Å². The van der Waals surface area contributed by atoms with Gasteiger partial charge in [0.05, 0.1) is 0 Å². The van der Waals surface area contributed by atoms with E-state index in [1.54, 1.807) is 18.9 Å². The van der Waals surface area contributed by atoms with E-state index in [4.69, 9.17) is 11.5 Å². The number of hydrogen-bond donors (Lipinski definition) is 3. The summed E-state index contributed by atoms with van der Waals surface area (Å²) >= 11 is 0. The molecule has 1 atom stereocenters. The third-order valence-electron chi connectivity index (χ3n) is 2.32. The van der Waals surface area contributed by atoms with Crippen molar-refractivity contribution in [3.8, 4) is 0 Å². The molecule has 94 valence electrons. The lowest BCUT2D eigenvalue weighted by atomic mass is 9.93. The predicted molar refractivity (Wildman–Crippen MR) is 62.7 cm³/mol. The fraction of sp³-hybridized carbons (Fsp3) is 0.800. The van der Waals surface area contributed by atoms with E-state index >= 15 is 0 Å². The van der Waals surface area contributed by atoms with Crippen molar-refractivity contribution in [2.75, 3.05) is 20.1 Å². The van der Waals surface area contributed by atoms with Gasteiger partial charge in [-0.05, 0) is 18.9 Å². The Kier molecular flexibility index (Phi) is 5.23. The summed E-state index contributed by atoms with van der Waals surface area (Å²) in [5.74, 6) is -0.180. The van der Waals surface area contributed by atoms with E-state index in [0.29, 0.717) is 13.1 Å². The molecule has 0 radical (unpaired) electrons. The number of likely N-dealkylation sites (N-methyl/N-ethyl adjacent to an activating group) is 1. The molecule has 0 aliphatic heterocycles. The highest BCUT2D eigenvalue weighted by atomic mass is 16.2. The van der Waals surface area contributed by atoms with E-state index in [1.165, 1.54) is 0 Å². The Hall–Kier alpha value is -1.30. The van der Waals surface area contributed by atoms with Crippen molar-refractivity contribution in [2.24, 2.45) is 16.9 Å². The molecule has 16 heavy (non-hydrogen) atoms. The zero-order valence-corrected chi connectivity index (χ0v) is 10.4. The second-order valence-corrected chi connectivity index (χ2v) is 4.79. The van der Waals surface area contributed by atoms with Gasteiger partial charge >= 0.3 is 6.03 Å². The Labute approximate surface area is 96.3 Å². The quantitative estimate of drug-likeness (QED) is 0.592. The summed E-state index contributed by atoms with van der Waals surface area (Å²) in [5.41, 5.74) is 10.4. The number of amides is 3. The average Bonchev–Trinajstić information content (AvgIpc) is 2.14. The van der Waals surface area contributed by atoms with Gasteiger partial charge < -0.3 is 21.7 Å². The fourth-order valence-electron chi connectivity index (χ4n) is 1.39. The summed E-state index contributed by atoms with van der Waals surface area (Å²) in [6.45, 7) is 6.57. The van der Waals surface area contributed by atoms with E-state index in [1.807, 2.05) is 13.8 Å². The molecule has 0 aliphatic carbocycles. The SMILES string of the molecule is CC(NC(N)=O)C(=O)N(C)CC(C)(C)CN. The molecule has 0 aromatic rings. The molecule has 0 rings (SSSR count). The molecule has 0 aromatic heterocycles. The van der Waals surface area contributed by atoms with Gasteiger partial charge in [0.15, 0.2) is 0 Å². The summed E-state index contributed by atoms with van der Waals surface area (Å²) in [6, 6.07) is -1.32. The molecule has 0 saturated carbocycles. The lowest BCUT2D eigenvalue weighted by molar-refractivity contribution is -0.132. The number of rotatable bonds is 5. The third-order valence-corrected chi connectivity index (χ3v) is 2.32. The van der Waals surface area contributed by atoms with Crippen molar-refractivity contribution in [1.29, 1.82) is 0 Å². The van der Waals surface area contributed by atoms with Gasteiger partial charge in [0.2, 0.25) is 5.91 Å². The number of nitrogens with zero attached hydrogens (tertiary/aromatic N) is 1. The lowest BCUT2D eigenvalue weighted by Crippen LogP contribution is -2.50. The molecule has 0 aromatic carbocycles. The van der Waals surface area contributed by atoms with Crippen LogP contribution in [0.5, 0.6) is 0 Å². The first-order valence-corrected chi connectivity index (χ1v) is 5.20. The van der Waals surface area contributed by atoms with Gasteiger partial charge in [-0.15, -0.1) is 0 Å². The van der Waals surface area contributed by atoms with E-state index in [2.05, 4.69) is 5.32 Å². The van der Waals surface area contributed by atoms with E-state index in [0.717, 1.165) is 0 Å². The van der Waals surface area contributed by atoms with Crippen LogP contribution in [0.2, 0.25) is 0 Å². The second kappa shape index (κ2) is 5.69. The van der Waals surface area contributed by atoms with Gasteiger partial charge in [-0.3, -0.25) is 4.79 Å². The molecule has 6 nitrogen and oxygen atoms in total. The summed E-state index contributed by atoms with van der Waals surface area (Å²) < 4.78 is 0. The number of nitrogens with two attached hydrogens (primary N) is 2. The van der Waals surface area contributed by atoms with Gasteiger partial charge in [0, 0.05) is 13.6 Å². The van der Waals surface area contributed by atoms with Crippen LogP contribution in [0.3, 0.4) is 0 Å². The van der Waals surface area contributed by atoms with Crippen molar-refractivity contribution < 1.29 is 9.59 Å². The number of primary amides is 1. The van der Waals surface area contributed by atoms with Crippen LogP contribution in [0, 0.1) is 5.41 Å². The maximum atomic E-state index is 11.8. The largest absolute Gasteiger partial charge is 0.352 e. The Morgan fingerprint density at radius 3 is 2.31 bits per heavy atom. The molecule has 0 aliphatic rings. The van der Waals surface area contributed by atoms with Crippen LogP contribution >= 0.6 is 0 Å². The molecule has 3 amide bonds. The minimum atomic E-state index is -0.702. The number of hydrogen-bond acceptors (Lipinski definition) is 3. The van der Waals surface area contributed by atoms with E-state index in [-0.39, 0.29) is 11.3 Å². The average molecular weight is 230 g/mol. The lowest BCUT2D eigenvalue weighted by Gasteiger charge is -2.30. The zero-order chi connectivity index (χ0) is 12.9. The van der Waals surface area contributed by atoms with E-state index < -0.39 is 12.1 Å². The van der Waals surface area contributed by atoms with Crippen LogP contribution in [-0.2, 0) is 4.79 Å². The molecule has 0 bridgehead atoms. The Balaban J connectivity index is 4.33. The minimum absolute atomic E-state index is 0.142. The Bertz CT molecular complexity index is 266. The first-order valence-electron chi connectivity index (χ1n) is 5.20. The highest BCUT2D eigenvalue weighted by molar-refractivity contribution is 5.86. The van der Waals surface area contributed by atoms with Crippen LogP contribution in [0.1, 0.15) is 20.8 Å². The normalized spacial score (nSPS) is 13.1. The maximum absolute atomic E-state index is 11.8. The first-order chi connectivity index (χ1) is 7.19. The van der Waals surface area contributed by atoms with Crippen LogP contribution < -0.4 is 16.8 Å². The molecule has 0 saturated heterocycles. The maximum Gasteiger partial charge on any atom is 0.312 e. The van der Waals surface area contributed by atoms with Crippen LogP contribution in [0.15, 0.2) is 0 Å². The Morgan fingerprint density at radius 1 is 1.44 bits per heavy atom. The van der Waals surface area contributed by atoms with Gasteiger partial charge in [0.25, 0.3) is 0 Å². The van der Waals surface area contributed by atoms with Crippen LogP contribution in [0.25, 0.3) is 0 Å². The number of nitrogens with one attached hydrogen (secondary N) is 1. The standard InChI is InChI=1S/C10H22N4O2/c1-7(13-9(12)16)8(15)14(4)6-10(2,3)5-11/h7H,5-6,11H2,1-4H3,(H3,12,13,16). The molecule has 0 heterocycles. The van der Waals surface area contributed by atoms with Gasteiger partial charge in [-0.1, -0.05) is 13.8 Å². The molecular weight excluding hydrogens is 208 g/mol. The zero-order valence-electron chi connectivity index (χ0n) is 10.4. The number of urea groups is 1. The van der Waals surface area contributed by atoms with Crippen molar-refractivity contribution in [1.82, 2.24) is 10.2 Å². The fourth-order valence-corrected chi connectivity index (χ4v) is 1.39. The first kappa shape index (κ1) is 14.7. The molecule has 6 heteroatoms. The summed E-state index contributed by atoms with van der Waals surface area (Å²) in [4.78, 5) is 23.9. The highest BCUT2D eigenvalue weighted by Crippen LogP contribution is 2.14. The van der Waals surface area contributed by atoms with Crippen molar-refractivity contribution >= 4 is 11.9 Å². The number of carbonyl (C=O) groups is 2. The molecular formula is C10H22N4O2. The predicted octanol–water partition coefficient (Wildman–Crippen LogP) is -0.513. The molecule has 0 spiro atoms. The highest BCUT2D eigenvalue weighted by Gasteiger charge is 2.24. The van der Waals surface area contributed by atoms with Gasteiger partial charge in [-0.2, -0.15) is 0 Å². The van der Waals surface area contributed by atoms with Crippen molar-refractivity contribution in [2.45, 2.75) is 26.8 Å². The Morgan fingerprint density at radius 2 is 1.94 bits per heavy atom. The van der Waals surface area contributed by atoms with Gasteiger partial charge in [0.1, 0.15) is 6.04 Å². The third kappa shape index (κ3) is 4.97. The summed E-state index contributed by atoms with van der Waals surface area (Å²) in [5, 5.41) is 2.34. The minimum Gasteiger partial charge on any atom is -0.352 e. The van der Waals surface area contributed by atoms with Crippen molar-refractivity contribution in [3.63, 3.8) is 0 Å². The second-order valence-electron chi connectivity index (χ2n) is 4.79. The number of carbonyl (C=O) groups excluding carboxylic acids is 2. The topological polar surface area (TPSA) is 101 Å². The monoisotopic (exact) mass is 230 g/mol. The molecule has 5 N–H and O–H groups in total. The smallest absolute Gasteiger partial charge is 0.312 e. The van der Waals surface area contributed by atoms with Crippen LogP contribution in [0.4, 0.5) is 4.79 Å². The van der Waals surface area contributed by atoms with Crippen molar-refractivity contribution in [3.05, 3.63) is 0 Å². The van der Waals surface area contributed by atoms with E-state index in [9.17, 15) is 9.59 Å².